The van der Waals surface area contributed by atoms with Crippen LogP contribution in [0.3, 0.4) is 0 Å². The van der Waals surface area contributed by atoms with Gasteiger partial charge in [0.25, 0.3) is 5.91 Å². The second kappa shape index (κ2) is 10.7. The summed E-state index contributed by atoms with van der Waals surface area (Å²) >= 11 is 6.73. The molecule has 1 atom stereocenters. The standard InChI is InChI=1S/C24H25NO5S2/c1-4-15(2)17-6-8-18(9-7-17)25-23(28)21(32-24(25)31)14-16-5-10-19(20(13-16)29-3)30-12-11-22(26)27/h5-10,13-15H,4,11-12H2,1-3H3,(H,26,27)/b21-14+. The van der Waals surface area contributed by atoms with E-state index in [1.54, 1.807) is 29.2 Å². The summed E-state index contributed by atoms with van der Waals surface area (Å²) in [4.78, 5) is 25.8. The molecule has 1 N–H and O–H groups in total. The van der Waals surface area contributed by atoms with Crippen molar-refractivity contribution < 1.29 is 24.2 Å². The minimum Gasteiger partial charge on any atom is -0.493 e. The minimum absolute atomic E-state index is 0.0412. The zero-order chi connectivity index (χ0) is 23.3. The number of carbonyl (C=O) groups excluding carboxylic acids is 1. The molecule has 0 radical (unpaired) electrons. The number of ether oxygens (including phenoxy) is 2. The van der Waals surface area contributed by atoms with Crippen LogP contribution in [0.25, 0.3) is 6.08 Å². The Morgan fingerprint density at radius 1 is 1.22 bits per heavy atom. The van der Waals surface area contributed by atoms with Crippen LogP contribution in [0.1, 0.15) is 43.7 Å². The predicted molar refractivity (Wildman–Crippen MR) is 132 cm³/mol. The lowest BCUT2D eigenvalue weighted by atomic mass is 9.98. The Kier molecular flexibility index (Phi) is 7.93. The van der Waals surface area contributed by atoms with Crippen molar-refractivity contribution in [3.63, 3.8) is 0 Å². The van der Waals surface area contributed by atoms with Gasteiger partial charge in [0.1, 0.15) is 0 Å². The van der Waals surface area contributed by atoms with Crippen molar-refractivity contribution in [3.8, 4) is 11.5 Å². The van der Waals surface area contributed by atoms with E-state index in [-0.39, 0.29) is 18.9 Å². The molecule has 8 heteroatoms. The Morgan fingerprint density at radius 3 is 2.56 bits per heavy atom. The van der Waals surface area contributed by atoms with Gasteiger partial charge in [-0.3, -0.25) is 14.5 Å². The molecule has 32 heavy (non-hydrogen) atoms. The Bertz CT molecular complexity index is 1050. The van der Waals surface area contributed by atoms with Gasteiger partial charge < -0.3 is 14.6 Å². The Morgan fingerprint density at radius 2 is 1.94 bits per heavy atom. The third-order valence-electron chi connectivity index (χ3n) is 5.19. The molecular formula is C24H25NO5S2. The summed E-state index contributed by atoms with van der Waals surface area (Å²) in [6, 6.07) is 13.2. The number of benzene rings is 2. The van der Waals surface area contributed by atoms with Crippen molar-refractivity contribution in [1.82, 2.24) is 0 Å². The van der Waals surface area contributed by atoms with Gasteiger partial charge >= 0.3 is 5.97 Å². The maximum atomic E-state index is 13.1. The fraction of sp³-hybridized carbons (Fsp3) is 0.292. The van der Waals surface area contributed by atoms with Gasteiger partial charge in [-0.15, -0.1) is 0 Å². The highest BCUT2D eigenvalue weighted by atomic mass is 32.2. The quantitative estimate of drug-likeness (QED) is 0.384. The first-order valence-corrected chi connectivity index (χ1v) is 11.5. The molecule has 1 heterocycles. The SMILES string of the molecule is CCC(C)c1ccc(N2C(=O)/C(=C\c3ccc(OCCC(=O)O)c(OC)c3)SC2=S)cc1. The number of thioether (sulfide) groups is 1. The average Bonchev–Trinajstić information content (AvgIpc) is 3.06. The molecule has 0 spiro atoms. The second-order valence-corrected chi connectivity index (χ2v) is 9.00. The van der Waals surface area contributed by atoms with Crippen LogP contribution in [-0.2, 0) is 9.59 Å². The third kappa shape index (κ3) is 5.49. The number of carbonyl (C=O) groups is 2. The molecule has 1 amide bonds. The van der Waals surface area contributed by atoms with Crippen molar-refractivity contribution in [1.29, 1.82) is 0 Å². The Balaban J connectivity index is 1.78. The first kappa shape index (κ1) is 23.8. The summed E-state index contributed by atoms with van der Waals surface area (Å²) in [5.74, 6) is 0.260. The zero-order valence-corrected chi connectivity index (χ0v) is 19.8. The molecule has 1 saturated heterocycles. The van der Waals surface area contributed by atoms with E-state index >= 15 is 0 Å². The number of nitrogens with zero attached hydrogens (tertiary/aromatic N) is 1. The summed E-state index contributed by atoms with van der Waals surface area (Å²) in [6.07, 6.45) is 2.71. The van der Waals surface area contributed by atoms with E-state index in [4.69, 9.17) is 26.8 Å². The second-order valence-electron chi connectivity index (χ2n) is 7.32. The summed E-state index contributed by atoms with van der Waals surface area (Å²) in [5, 5.41) is 8.75. The monoisotopic (exact) mass is 471 g/mol. The number of hydrogen-bond acceptors (Lipinski definition) is 6. The molecule has 168 valence electrons. The minimum atomic E-state index is -0.933. The molecule has 1 unspecified atom stereocenters. The van der Waals surface area contributed by atoms with Crippen LogP contribution in [0.2, 0.25) is 0 Å². The predicted octanol–water partition coefficient (Wildman–Crippen LogP) is 5.47. The first-order valence-electron chi connectivity index (χ1n) is 10.2. The maximum absolute atomic E-state index is 13.1. The van der Waals surface area contributed by atoms with Crippen molar-refractivity contribution in [3.05, 3.63) is 58.5 Å². The van der Waals surface area contributed by atoms with Crippen molar-refractivity contribution in [2.75, 3.05) is 18.6 Å². The van der Waals surface area contributed by atoms with E-state index in [1.165, 1.54) is 24.4 Å². The van der Waals surface area contributed by atoms with Gasteiger partial charge in [-0.2, -0.15) is 0 Å². The first-order chi connectivity index (χ1) is 15.3. The molecule has 1 fully saturated rings. The Labute approximate surface area is 197 Å². The van der Waals surface area contributed by atoms with Gasteiger partial charge in [-0.05, 0) is 53.8 Å². The number of amides is 1. The molecule has 0 aliphatic carbocycles. The summed E-state index contributed by atoms with van der Waals surface area (Å²) in [5.41, 5.74) is 2.73. The highest BCUT2D eigenvalue weighted by molar-refractivity contribution is 8.27. The van der Waals surface area contributed by atoms with Gasteiger partial charge in [0.05, 0.1) is 30.7 Å². The lowest BCUT2D eigenvalue weighted by molar-refractivity contribution is -0.137. The normalized spacial score (nSPS) is 15.8. The van der Waals surface area contributed by atoms with Crippen LogP contribution < -0.4 is 14.4 Å². The smallest absolute Gasteiger partial charge is 0.306 e. The molecule has 6 nitrogen and oxygen atoms in total. The highest BCUT2D eigenvalue weighted by Crippen LogP contribution is 2.37. The molecule has 2 aromatic carbocycles. The van der Waals surface area contributed by atoms with Gasteiger partial charge in [-0.25, -0.2) is 0 Å². The lowest BCUT2D eigenvalue weighted by Gasteiger charge is -2.16. The van der Waals surface area contributed by atoms with Crippen LogP contribution in [0.4, 0.5) is 5.69 Å². The van der Waals surface area contributed by atoms with Gasteiger partial charge in [-0.1, -0.05) is 56.0 Å². The van der Waals surface area contributed by atoms with E-state index in [0.717, 1.165) is 17.7 Å². The molecule has 1 aliphatic rings. The fourth-order valence-electron chi connectivity index (χ4n) is 3.17. The van der Waals surface area contributed by atoms with Crippen LogP contribution in [0.15, 0.2) is 47.4 Å². The number of anilines is 1. The van der Waals surface area contributed by atoms with E-state index in [0.29, 0.717) is 26.6 Å². The number of methoxy groups -OCH3 is 1. The van der Waals surface area contributed by atoms with Gasteiger partial charge in [0, 0.05) is 0 Å². The van der Waals surface area contributed by atoms with Crippen LogP contribution in [-0.4, -0.2) is 35.0 Å². The molecule has 2 aromatic rings. The summed E-state index contributed by atoms with van der Waals surface area (Å²) < 4.78 is 11.3. The molecule has 0 bridgehead atoms. The summed E-state index contributed by atoms with van der Waals surface area (Å²) in [6.45, 7) is 4.36. The van der Waals surface area contributed by atoms with E-state index in [2.05, 4.69) is 13.8 Å². The summed E-state index contributed by atoms with van der Waals surface area (Å²) in [7, 11) is 1.51. The number of rotatable bonds is 9. The average molecular weight is 472 g/mol. The number of aliphatic carboxylic acids is 1. The molecular weight excluding hydrogens is 446 g/mol. The van der Waals surface area contributed by atoms with Crippen LogP contribution in [0, 0.1) is 0 Å². The van der Waals surface area contributed by atoms with Gasteiger partial charge in [0.2, 0.25) is 0 Å². The number of carboxylic acid groups (broad SMARTS) is 1. The topological polar surface area (TPSA) is 76.1 Å². The van der Waals surface area contributed by atoms with E-state index < -0.39 is 5.97 Å². The lowest BCUT2D eigenvalue weighted by Crippen LogP contribution is -2.27. The van der Waals surface area contributed by atoms with Crippen LogP contribution in [0.5, 0.6) is 11.5 Å². The third-order valence-corrected chi connectivity index (χ3v) is 6.49. The number of hydrogen-bond donors (Lipinski definition) is 1. The van der Waals surface area contributed by atoms with E-state index in [1.807, 2.05) is 24.3 Å². The van der Waals surface area contributed by atoms with Crippen molar-refractivity contribution in [2.45, 2.75) is 32.6 Å². The van der Waals surface area contributed by atoms with Gasteiger partial charge in [0.15, 0.2) is 15.8 Å². The van der Waals surface area contributed by atoms with E-state index in [9.17, 15) is 9.59 Å². The zero-order valence-electron chi connectivity index (χ0n) is 18.2. The van der Waals surface area contributed by atoms with Crippen LogP contribution >= 0.6 is 24.0 Å². The molecule has 3 rings (SSSR count). The Hall–Kier alpha value is -2.84. The highest BCUT2D eigenvalue weighted by Gasteiger charge is 2.33. The molecule has 0 saturated carbocycles. The van der Waals surface area contributed by atoms with Crippen molar-refractivity contribution in [2.24, 2.45) is 0 Å². The van der Waals surface area contributed by atoms with Crippen molar-refractivity contribution >= 4 is 51.9 Å². The fourth-order valence-corrected chi connectivity index (χ4v) is 4.47. The largest absolute Gasteiger partial charge is 0.493 e. The molecule has 0 aromatic heterocycles. The number of thiocarbonyl (C=S) groups is 1. The molecule has 1 aliphatic heterocycles. The number of carboxylic acids is 1. The maximum Gasteiger partial charge on any atom is 0.306 e.